The fourth-order valence-electron chi connectivity index (χ4n) is 4.66. The Morgan fingerprint density at radius 2 is 1.85 bits per heavy atom. The standard InChI is InChI=1S/C29H41N5O5/c1-7-9-21-11-12-22-16-30-25(15-23(22)14-21)19(5)39-29(38)24-10-8-13-34(33-24)28(37)18(4)31-27(36)26(17(2)3)32-20(6)35/h11-12,14-19,24,26,33H,7-10,13H2,1-6H3,(H,31,36)(H,32,35)/t18-,19+,24-,26-/m0/s1. The van der Waals surface area contributed by atoms with Crippen molar-refractivity contribution in [3.8, 4) is 0 Å². The number of amides is 3. The summed E-state index contributed by atoms with van der Waals surface area (Å²) >= 11 is 0. The lowest BCUT2D eigenvalue weighted by Crippen LogP contribution is -2.60. The number of hydrogen-bond donors (Lipinski definition) is 3. The Balaban J connectivity index is 1.60. The first-order chi connectivity index (χ1) is 18.5. The van der Waals surface area contributed by atoms with Crippen molar-refractivity contribution in [3.05, 3.63) is 41.7 Å². The summed E-state index contributed by atoms with van der Waals surface area (Å²) in [7, 11) is 0. The summed E-state index contributed by atoms with van der Waals surface area (Å²) in [6.07, 6.45) is 4.39. The second-order valence-corrected chi connectivity index (χ2v) is 10.6. The molecule has 0 aliphatic carbocycles. The third kappa shape index (κ3) is 7.98. The molecule has 2 aromatic rings. The molecule has 3 rings (SSSR count). The minimum Gasteiger partial charge on any atom is -0.455 e. The minimum atomic E-state index is -0.854. The molecular formula is C29H41N5O5. The Morgan fingerprint density at radius 1 is 1.10 bits per heavy atom. The van der Waals surface area contributed by atoms with Crippen LogP contribution in [-0.4, -0.2) is 58.4 Å². The lowest BCUT2D eigenvalue weighted by atomic mass is 10.0. The van der Waals surface area contributed by atoms with E-state index in [1.54, 1.807) is 20.0 Å². The normalized spacial score (nSPS) is 17.8. The van der Waals surface area contributed by atoms with Crippen LogP contribution in [0.2, 0.25) is 0 Å². The number of nitrogens with one attached hydrogen (secondary N) is 3. The van der Waals surface area contributed by atoms with Gasteiger partial charge >= 0.3 is 5.97 Å². The summed E-state index contributed by atoms with van der Waals surface area (Å²) in [5.41, 5.74) is 4.88. The van der Waals surface area contributed by atoms with Gasteiger partial charge in [-0.2, -0.15) is 0 Å². The number of nitrogens with zero attached hydrogens (tertiary/aromatic N) is 2. The maximum atomic E-state index is 13.1. The molecule has 212 valence electrons. The number of fused-ring (bicyclic) bond motifs is 1. The van der Waals surface area contributed by atoms with Crippen molar-refractivity contribution in [1.29, 1.82) is 0 Å². The number of carbonyl (C=O) groups is 4. The van der Waals surface area contributed by atoms with Crippen LogP contribution in [0.3, 0.4) is 0 Å². The van der Waals surface area contributed by atoms with E-state index < -0.39 is 36.1 Å². The van der Waals surface area contributed by atoms with Crippen molar-refractivity contribution in [2.75, 3.05) is 6.54 Å². The minimum absolute atomic E-state index is 0.152. The van der Waals surface area contributed by atoms with Gasteiger partial charge in [0.1, 0.15) is 24.2 Å². The summed E-state index contributed by atoms with van der Waals surface area (Å²) in [5, 5.41) is 8.73. The molecule has 0 radical (unpaired) electrons. The number of benzene rings is 1. The largest absolute Gasteiger partial charge is 0.455 e. The topological polar surface area (TPSA) is 130 Å². The molecule has 1 aromatic carbocycles. The van der Waals surface area contributed by atoms with Gasteiger partial charge in [-0.1, -0.05) is 45.4 Å². The molecule has 2 heterocycles. The van der Waals surface area contributed by atoms with Crippen LogP contribution in [0.25, 0.3) is 10.8 Å². The number of pyridine rings is 1. The average molecular weight is 540 g/mol. The molecule has 3 amide bonds. The molecule has 39 heavy (non-hydrogen) atoms. The van der Waals surface area contributed by atoms with E-state index in [1.165, 1.54) is 17.5 Å². The summed E-state index contributed by atoms with van der Waals surface area (Å²) in [6, 6.07) is 5.95. The molecule has 1 aliphatic heterocycles. The second-order valence-electron chi connectivity index (χ2n) is 10.6. The van der Waals surface area contributed by atoms with Crippen molar-refractivity contribution in [1.82, 2.24) is 26.1 Å². The van der Waals surface area contributed by atoms with Gasteiger partial charge in [0.25, 0.3) is 5.91 Å². The van der Waals surface area contributed by atoms with Gasteiger partial charge in [0.05, 0.1) is 5.69 Å². The molecule has 1 saturated heterocycles. The lowest BCUT2D eigenvalue weighted by molar-refractivity contribution is -0.157. The second kappa shape index (κ2) is 13.5. The number of aryl methyl sites for hydroxylation is 1. The van der Waals surface area contributed by atoms with Crippen molar-refractivity contribution in [2.45, 2.75) is 91.5 Å². The fraction of sp³-hybridized carbons (Fsp3) is 0.552. The van der Waals surface area contributed by atoms with Crippen molar-refractivity contribution < 1.29 is 23.9 Å². The van der Waals surface area contributed by atoms with Crippen LogP contribution in [0.1, 0.15) is 78.2 Å². The molecule has 1 fully saturated rings. The molecule has 4 atom stereocenters. The zero-order chi connectivity index (χ0) is 28.7. The molecular weight excluding hydrogens is 498 g/mol. The average Bonchev–Trinajstić information content (AvgIpc) is 2.90. The predicted octanol–water partition coefficient (Wildman–Crippen LogP) is 2.95. The Morgan fingerprint density at radius 3 is 2.51 bits per heavy atom. The molecule has 3 N–H and O–H groups in total. The summed E-state index contributed by atoms with van der Waals surface area (Å²) in [6.45, 7) is 10.9. The van der Waals surface area contributed by atoms with Crippen LogP contribution in [0.4, 0.5) is 0 Å². The third-order valence-electron chi connectivity index (χ3n) is 6.83. The smallest absolute Gasteiger partial charge is 0.325 e. The number of aromatic nitrogens is 1. The van der Waals surface area contributed by atoms with Gasteiger partial charge in [0.15, 0.2) is 0 Å². The van der Waals surface area contributed by atoms with E-state index in [4.69, 9.17) is 4.74 Å². The number of carbonyl (C=O) groups excluding carboxylic acids is 4. The van der Waals surface area contributed by atoms with Gasteiger partial charge in [-0.25, -0.2) is 5.43 Å². The Labute approximate surface area is 230 Å². The van der Waals surface area contributed by atoms with E-state index in [0.29, 0.717) is 25.1 Å². The van der Waals surface area contributed by atoms with Gasteiger partial charge < -0.3 is 15.4 Å². The molecule has 1 aromatic heterocycles. The zero-order valence-electron chi connectivity index (χ0n) is 23.7. The molecule has 10 heteroatoms. The van der Waals surface area contributed by atoms with Gasteiger partial charge in [-0.3, -0.25) is 29.2 Å². The quantitative estimate of drug-likeness (QED) is 0.396. The van der Waals surface area contributed by atoms with Crippen LogP contribution in [-0.2, 0) is 30.3 Å². The highest BCUT2D eigenvalue weighted by Gasteiger charge is 2.33. The summed E-state index contributed by atoms with van der Waals surface area (Å²) < 4.78 is 5.74. The molecule has 10 nitrogen and oxygen atoms in total. The maximum absolute atomic E-state index is 13.1. The van der Waals surface area contributed by atoms with Crippen molar-refractivity contribution >= 4 is 34.5 Å². The molecule has 0 bridgehead atoms. The zero-order valence-corrected chi connectivity index (χ0v) is 23.7. The van der Waals surface area contributed by atoms with Crippen LogP contribution in [0.5, 0.6) is 0 Å². The van der Waals surface area contributed by atoms with E-state index in [-0.39, 0.29) is 17.7 Å². The molecule has 0 spiro atoms. The van der Waals surface area contributed by atoms with Crippen LogP contribution >= 0.6 is 0 Å². The first-order valence-corrected chi connectivity index (χ1v) is 13.7. The van der Waals surface area contributed by atoms with Gasteiger partial charge in [0.2, 0.25) is 11.8 Å². The van der Waals surface area contributed by atoms with E-state index in [9.17, 15) is 19.2 Å². The number of ether oxygens (including phenoxy) is 1. The first kappa shape index (κ1) is 30.0. The van der Waals surface area contributed by atoms with E-state index >= 15 is 0 Å². The number of esters is 1. The Hall–Kier alpha value is -3.53. The van der Waals surface area contributed by atoms with E-state index in [1.807, 2.05) is 19.9 Å². The SMILES string of the molecule is CCCc1ccc2cnc([C@@H](C)OC(=O)[C@@H]3CCCN(C(=O)[C@H](C)NC(=O)[C@@H](NC(C)=O)C(C)C)N3)cc2c1. The van der Waals surface area contributed by atoms with E-state index in [2.05, 4.69) is 46.2 Å². The van der Waals surface area contributed by atoms with E-state index in [0.717, 1.165) is 23.6 Å². The Kier molecular flexibility index (Phi) is 10.4. The van der Waals surface area contributed by atoms with Crippen molar-refractivity contribution in [2.24, 2.45) is 5.92 Å². The highest BCUT2D eigenvalue weighted by Crippen LogP contribution is 2.23. The number of rotatable bonds is 10. The molecule has 1 aliphatic rings. The monoisotopic (exact) mass is 539 g/mol. The van der Waals surface area contributed by atoms with Gasteiger partial charge in [-0.15, -0.1) is 0 Å². The highest BCUT2D eigenvalue weighted by molar-refractivity contribution is 5.92. The molecule has 0 unspecified atom stereocenters. The third-order valence-corrected chi connectivity index (χ3v) is 6.83. The van der Waals surface area contributed by atoms with Crippen LogP contribution < -0.4 is 16.1 Å². The number of hydrogen-bond acceptors (Lipinski definition) is 7. The maximum Gasteiger partial charge on any atom is 0.325 e. The Bertz CT molecular complexity index is 1200. The van der Waals surface area contributed by atoms with Crippen LogP contribution in [0, 0.1) is 5.92 Å². The number of hydrazine groups is 1. The fourth-order valence-corrected chi connectivity index (χ4v) is 4.66. The predicted molar refractivity (Wildman–Crippen MR) is 148 cm³/mol. The van der Waals surface area contributed by atoms with Crippen molar-refractivity contribution in [3.63, 3.8) is 0 Å². The first-order valence-electron chi connectivity index (χ1n) is 13.7. The van der Waals surface area contributed by atoms with Gasteiger partial charge in [0, 0.05) is 25.1 Å². The molecule has 0 saturated carbocycles. The highest BCUT2D eigenvalue weighted by atomic mass is 16.5. The lowest BCUT2D eigenvalue weighted by Gasteiger charge is -2.35. The van der Waals surface area contributed by atoms with Gasteiger partial charge in [-0.05, 0) is 56.0 Å². The summed E-state index contributed by atoms with van der Waals surface area (Å²) in [5.74, 6) is -1.76. The van der Waals surface area contributed by atoms with Crippen LogP contribution in [0.15, 0.2) is 30.5 Å². The summed E-state index contributed by atoms with van der Waals surface area (Å²) in [4.78, 5) is 54.7.